The fraction of sp³-hybridized carbons (Fsp3) is 0.316. The number of anilines is 1. The van der Waals surface area contributed by atoms with Crippen molar-refractivity contribution >= 4 is 45.9 Å². The standard InChI is InChI=1S/C19H22N2O5S2/c1-5-26-19(24)16-11(2)15(17(23)20-3)18(28-16)21-14(22)10-27-13-8-6-12(25-4)7-9-13/h6-9H,5,10H2,1-4H3,(H,20,23)(H,21,22). The summed E-state index contributed by atoms with van der Waals surface area (Å²) in [7, 11) is 3.09. The third kappa shape index (κ3) is 5.26. The van der Waals surface area contributed by atoms with Crippen LogP contribution in [0.15, 0.2) is 29.2 Å². The Balaban J connectivity index is 2.14. The molecule has 0 saturated carbocycles. The second kappa shape index (κ2) is 10.1. The van der Waals surface area contributed by atoms with Crippen molar-refractivity contribution in [1.82, 2.24) is 5.32 Å². The molecule has 0 spiro atoms. The number of nitrogens with one attached hydrogen (secondary N) is 2. The Bertz CT molecular complexity index is 862. The van der Waals surface area contributed by atoms with E-state index in [4.69, 9.17) is 9.47 Å². The van der Waals surface area contributed by atoms with Gasteiger partial charge in [0.05, 0.1) is 25.0 Å². The number of carbonyl (C=O) groups excluding carboxylic acids is 3. The summed E-state index contributed by atoms with van der Waals surface area (Å²) in [6.45, 7) is 3.60. The number of esters is 1. The molecule has 2 N–H and O–H groups in total. The first-order chi connectivity index (χ1) is 13.4. The molecule has 2 rings (SSSR count). The maximum Gasteiger partial charge on any atom is 0.348 e. The molecule has 7 nitrogen and oxygen atoms in total. The normalized spacial score (nSPS) is 10.3. The van der Waals surface area contributed by atoms with Gasteiger partial charge in [0.15, 0.2) is 0 Å². The van der Waals surface area contributed by atoms with Crippen LogP contribution in [0.2, 0.25) is 0 Å². The Morgan fingerprint density at radius 2 is 1.86 bits per heavy atom. The predicted molar refractivity (Wildman–Crippen MR) is 111 cm³/mol. The first kappa shape index (κ1) is 21.8. The third-order valence-corrected chi connectivity index (χ3v) is 5.94. The Hall–Kier alpha value is -2.52. The van der Waals surface area contributed by atoms with Gasteiger partial charge in [0, 0.05) is 11.9 Å². The van der Waals surface area contributed by atoms with Gasteiger partial charge >= 0.3 is 5.97 Å². The molecule has 9 heteroatoms. The summed E-state index contributed by atoms with van der Waals surface area (Å²) in [5.74, 6) is -0.261. The van der Waals surface area contributed by atoms with E-state index in [1.54, 1.807) is 21.0 Å². The molecule has 0 aliphatic carbocycles. The van der Waals surface area contributed by atoms with Gasteiger partial charge in [-0.15, -0.1) is 23.1 Å². The largest absolute Gasteiger partial charge is 0.497 e. The van der Waals surface area contributed by atoms with Crippen LogP contribution in [0.5, 0.6) is 5.75 Å². The van der Waals surface area contributed by atoms with Gasteiger partial charge in [-0.1, -0.05) is 0 Å². The zero-order valence-corrected chi connectivity index (χ0v) is 17.7. The van der Waals surface area contributed by atoms with Crippen molar-refractivity contribution in [3.05, 3.63) is 40.3 Å². The lowest BCUT2D eigenvalue weighted by Crippen LogP contribution is -2.21. The fourth-order valence-electron chi connectivity index (χ4n) is 2.37. The second-order valence-corrected chi connectivity index (χ2v) is 7.64. The minimum atomic E-state index is -0.511. The predicted octanol–water partition coefficient (Wildman–Crippen LogP) is 3.33. The van der Waals surface area contributed by atoms with Crippen LogP contribution in [-0.2, 0) is 9.53 Å². The molecule has 28 heavy (non-hydrogen) atoms. The van der Waals surface area contributed by atoms with Crippen molar-refractivity contribution in [2.45, 2.75) is 18.7 Å². The fourth-order valence-corrected chi connectivity index (χ4v) is 4.19. The topological polar surface area (TPSA) is 93.7 Å². The Morgan fingerprint density at radius 3 is 2.43 bits per heavy atom. The number of carbonyl (C=O) groups is 3. The molecule has 0 bridgehead atoms. The number of hydrogen-bond donors (Lipinski definition) is 2. The molecular formula is C19H22N2O5S2. The van der Waals surface area contributed by atoms with E-state index < -0.39 is 5.97 Å². The van der Waals surface area contributed by atoms with Crippen LogP contribution in [0.25, 0.3) is 0 Å². The monoisotopic (exact) mass is 422 g/mol. The zero-order valence-electron chi connectivity index (χ0n) is 16.1. The zero-order chi connectivity index (χ0) is 20.7. The summed E-state index contributed by atoms with van der Waals surface area (Å²) >= 11 is 2.40. The Kier molecular flexibility index (Phi) is 7.89. The Labute approximate surface area is 171 Å². The molecule has 0 unspecified atom stereocenters. The summed E-state index contributed by atoms with van der Waals surface area (Å²) in [5, 5.41) is 5.61. The van der Waals surface area contributed by atoms with Gasteiger partial charge in [0.2, 0.25) is 5.91 Å². The second-order valence-electron chi connectivity index (χ2n) is 5.57. The van der Waals surface area contributed by atoms with Crippen molar-refractivity contribution in [3.8, 4) is 5.75 Å². The first-order valence-corrected chi connectivity index (χ1v) is 10.3. The molecule has 0 radical (unpaired) electrons. The van der Waals surface area contributed by atoms with E-state index >= 15 is 0 Å². The summed E-state index contributed by atoms with van der Waals surface area (Å²) in [4.78, 5) is 38.0. The molecular weight excluding hydrogens is 400 g/mol. The first-order valence-electron chi connectivity index (χ1n) is 8.50. The molecule has 0 aliphatic heterocycles. The van der Waals surface area contributed by atoms with Crippen LogP contribution in [0.3, 0.4) is 0 Å². The van der Waals surface area contributed by atoms with Gasteiger partial charge in [-0.05, 0) is 43.7 Å². The third-order valence-electron chi connectivity index (χ3n) is 3.74. The number of amides is 2. The van der Waals surface area contributed by atoms with Crippen molar-refractivity contribution in [2.24, 2.45) is 0 Å². The minimum Gasteiger partial charge on any atom is -0.497 e. The van der Waals surface area contributed by atoms with Gasteiger partial charge in [-0.3, -0.25) is 9.59 Å². The molecule has 1 aromatic heterocycles. The molecule has 2 amide bonds. The van der Waals surface area contributed by atoms with Crippen molar-refractivity contribution in [3.63, 3.8) is 0 Å². The van der Waals surface area contributed by atoms with Gasteiger partial charge in [-0.2, -0.15) is 0 Å². The number of thioether (sulfide) groups is 1. The quantitative estimate of drug-likeness (QED) is 0.501. The number of ether oxygens (including phenoxy) is 2. The van der Waals surface area contributed by atoms with E-state index in [1.165, 1.54) is 18.8 Å². The summed E-state index contributed by atoms with van der Waals surface area (Å²) in [6, 6.07) is 7.36. The molecule has 2 aromatic rings. The molecule has 0 saturated heterocycles. The van der Waals surface area contributed by atoms with E-state index in [0.717, 1.165) is 22.0 Å². The maximum absolute atomic E-state index is 12.4. The van der Waals surface area contributed by atoms with Crippen LogP contribution in [0.4, 0.5) is 5.00 Å². The Morgan fingerprint density at radius 1 is 1.18 bits per heavy atom. The van der Waals surface area contributed by atoms with Gasteiger partial charge < -0.3 is 20.1 Å². The number of thiophene rings is 1. The van der Waals surface area contributed by atoms with Crippen LogP contribution in [0.1, 0.15) is 32.5 Å². The van der Waals surface area contributed by atoms with Crippen molar-refractivity contribution < 1.29 is 23.9 Å². The average molecular weight is 423 g/mol. The van der Waals surface area contributed by atoms with E-state index in [0.29, 0.717) is 15.4 Å². The van der Waals surface area contributed by atoms with Crippen LogP contribution in [0, 0.1) is 6.92 Å². The molecule has 150 valence electrons. The summed E-state index contributed by atoms with van der Waals surface area (Å²) in [5.41, 5.74) is 0.763. The minimum absolute atomic E-state index is 0.158. The van der Waals surface area contributed by atoms with E-state index in [1.807, 2.05) is 24.3 Å². The molecule has 0 aliphatic rings. The van der Waals surface area contributed by atoms with Crippen LogP contribution < -0.4 is 15.4 Å². The van der Waals surface area contributed by atoms with Gasteiger partial charge in [-0.25, -0.2) is 4.79 Å². The van der Waals surface area contributed by atoms with E-state index in [9.17, 15) is 14.4 Å². The van der Waals surface area contributed by atoms with E-state index in [2.05, 4.69) is 10.6 Å². The van der Waals surface area contributed by atoms with Crippen molar-refractivity contribution in [2.75, 3.05) is 31.8 Å². The van der Waals surface area contributed by atoms with Gasteiger partial charge in [0.25, 0.3) is 5.91 Å². The van der Waals surface area contributed by atoms with Crippen LogP contribution in [-0.4, -0.2) is 44.3 Å². The van der Waals surface area contributed by atoms with Crippen molar-refractivity contribution in [1.29, 1.82) is 0 Å². The SMILES string of the molecule is CCOC(=O)c1sc(NC(=O)CSc2ccc(OC)cc2)c(C(=O)NC)c1C. The lowest BCUT2D eigenvalue weighted by Gasteiger charge is -2.07. The van der Waals surface area contributed by atoms with E-state index in [-0.39, 0.29) is 29.7 Å². The molecule has 0 fully saturated rings. The average Bonchev–Trinajstić information content (AvgIpc) is 3.02. The summed E-state index contributed by atoms with van der Waals surface area (Å²) < 4.78 is 10.1. The number of hydrogen-bond acceptors (Lipinski definition) is 7. The van der Waals surface area contributed by atoms with Crippen LogP contribution >= 0.6 is 23.1 Å². The highest BCUT2D eigenvalue weighted by Crippen LogP contribution is 2.34. The lowest BCUT2D eigenvalue weighted by molar-refractivity contribution is -0.113. The number of rotatable bonds is 8. The lowest BCUT2D eigenvalue weighted by atomic mass is 10.1. The highest BCUT2D eigenvalue weighted by Gasteiger charge is 2.25. The highest BCUT2D eigenvalue weighted by atomic mass is 32.2. The maximum atomic E-state index is 12.4. The molecule has 1 aromatic carbocycles. The molecule has 1 heterocycles. The molecule has 0 atom stereocenters. The highest BCUT2D eigenvalue weighted by molar-refractivity contribution is 8.00. The smallest absolute Gasteiger partial charge is 0.348 e. The van der Waals surface area contributed by atoms with Gasteiger partial charge in [0.1, 0.15) is 15.6 Å². The number of benzene rings is 1. The number of methoxy groups -OCH3 is 1. The summed E-state index contributed by atoms with van der Waals surface area (Å²) in [6.07, 6.45) is 0.